The Balaban J connectivity index is 1.94. The number of fused-ring (bicyclic) bond motifs is 1. The van der Waals surface area contributed by atoms with Crippen molar-refractivity contribution in [3.05, 3.63) is 65.5 Å². The Bertz CT molecular complexity index is 824. The summed E-state index contributed by atoms with van der Waals surface area (Å²) < 4.78 is 8.55. The van der Waals surface area contributed by atoms with E-state index in [9.17, 15) is 0 Å². The van der Waals surface area contributed by atoms with E-state index in [1.54, 1.807) is 0 Å². The second-order valence-corrected chi connectivity index (χ2v) is 5.68. The van der Waals surface area contributed by atoms with Crippen molar-refractivity contribution < 1.29 is 4.42 Å². The maximum atomic E-state index is 6.16. The van der Waals surface area contributed by atoms with Crippen LogP contribution in [0, 0.1) is 6.92 Å². The molecule has 0 radical (unpaired) electrons. The maximum absolute atomic E-state index is 6.16. The summed E-state index contributed by atoms with van der Waals surface area (Å²) in [5.41, 5.74) is 3.57. The van der Waals surface area contributed by atoms with E-state index in [4.69, 9.17) is 4.42 Å². The van der Waals surface area contributed by atoms with Crippen molar-refractivity contribution in [2.24, 2.45) is 0 Å². The van der Waals surface area contributed by atoms with Crippen LogP contribution in [0.25, 0.3) is 22.6 Å². The van der Waals surface area contributed by atoms with E-state index in [1.165, 1.54) is 22.9 Å². The first-order valence-electron chi connectivity index (χ1n) is 7.49. The van der Waals surface area contributed by atoms with Gasteiger partial charge in [-0.05, 0) is 24.6 Å². The van der Waals surface area contributed by atoms with E-state index in [0.29, 0.717) is 0 Å². The van der Waals surface area contributed by atoms with Crippen LogP contribution in [-0.2, 0) is 0 Å². The van der Waals surface area contributed by atoms with Gasteiger partial charge in [0.1, 0.15) is 24.6 Å². The summed E-state index contributed by atoms with van der Waals surface area (Å²) in [6.45, 7) is 4.46. The van der Waals surface area contributed by atoms with E-state index in [1.807, 2.05) is 18.2 Å². The Labute approximate surface area is 124 Å². The highest BCUT2D eigenvalue weighted by molar-refractivity contribution is 5.68. The zero-order valence-electron chi connectivity index (χ0n) is 12.2. The molecule has 2 nitrogen and oxygen atoms in total. The number of nitrogens with zero attached hydrogens (tertiary/aromatic N) is 1. The minimum Gasteiger partial charge on any atom is -0.456 e. The summed E-state index contributed by atoms with van der Waals surface area (Å²) in [6.07, 6.45) is 1.29. The second-order valence-electron chi connectivity index (χ2n) is 5.68. The third-order valence-electron chi connectivity index (χ3n) is 4.24. The molecule has 1 aromatic rings. The molecule has 0 bridgehead atoms. The molecule has 1 saturated heterocycles. The minimum absolute atomic E-state index is 0.932. The molecule has 0 spiro atoms. The first-order valence-corrected chi connectivity index (χ1v) is 7.49. The molecule has 104 valence electrons. The van der Waals surface area contributed by atoms with Gasteiger partial charge < -0.3 is 4.42 Å². The highest BCUT2D eigenvalue weighted by Crippen LogP contribution is 2.30. The van der Waals surface area contributed by atoms with Gasteiger partial charge in [-0.3, -0.25) is 0 Å². The summed E-state index contributed by atoms with van der Waals surface area (Å²) in [5.74, 6) is 1.90. The quantitative estimate of drug-likeness (QED) is 0.621. The molecule has 2 aliphatic heterocycles. The standard InChI is InChI=1S/C19H18NO/c1-14-12-18(15-6-3-2-4-7-15)21-19-13-16(8-9-17(14)19)20-10-5-11-20/h2-4,6-9,12-13H,5,10-11H2,1H3/q+1. The van der Waals surface area contributed by atoms with Crippen LogP contribution < -0.4 is 9.93 Å². The molecule has 1 aromatic carbocycles. The van der Waals surface area contributed by atoms with Gasteiger partial charge in [0.2, 0.25) is 5.36 Å². The molecule has 1 fully saturated rings. The van der Waals surface area contributed by atoms with Gasteiger partial charge in [-0.1, -0.05) is 30.3 Å². The molecule has 2 heterocycles. The molecule has 0 saturated carbocycles. The topological polar surface area (TPSA) is 16.1 Å². The maximum Gasteiger partial charge on any atom is 0.203 e. The van der Waals surface area contributed by atoms with Gasteiger partial charge in [0, 0.05) is 17.2 Å². The van der Waals surface area contributed by atoms with Gasteiger partial charge in [-0.15, -0.1) is 0 Å². The average Bonchev–Trinajstić information content (AvgIpc) is 2.46. The predicted octanol–water partition coefficient (Wildman–Crippen LogP) is 3.54. The second kappa shape index (κ2) is 4.88. The minimum atomic E-state index is 0.932. The largest absolute Gasteiger partial charge is 0.456 e. The van der Waals surface area contributed by atoms with E-state index in [2.05, 4.69) is 47.9 Å². The van der Waals surface area contributed by atoms with E-state index < -0.39 is 0 Å². The lowest BCUT2D eigenvalue weighted by atomic mass is 10.0. The van der Waals surface area contributed by atoms with Crippen molar-refractivity contribution >= 4 is 0 Å². The molecule has 1 aliphatic carbocycles. The first kappa shape index (κ1) is 12.4. The van der Waals surface area contributed by atoms with Crippen molar-refractivity contribution in [3.63, 3.8) is 0 Å². The van der Waals surface area contributed by atoms with Crippen LogP contribution in [0.5, 0.6) is 0 Å². The van der Waals surface area contributed by atoms with Crippen LogP contribution in [0.2, 0.25) is 0 Å². The van der Waals surface area contributed by atoms with Crippen molar-refractivity contribution in [2.75, 3.05) is 13.1 Å². The Hall–Kier alpha value is -2.35. The number of aryl methyl sites for hydroxylation is 1. The number of rotatable bonds is 1. The Kier molecular flexibility index (Phi) is 2.88. The summed E-state index contributed by atoms with van der Waals surface area (Å²) in [6, 6.07) is 19.0. The lowest BCUT2D eigenvalue weighted by Crippen LogP contribution is -2.40. The SMILES string of the molecule is Cc1cc(-c2ccccc2)oc2cc(=[N+]3CCC3)ccc1-2. The molecule has 0 aromatic heterocycles. The smallest absolute Gasteiger partial charge is 0.203 e. The summed E-state index contributed by atoms with van der Waals surface area (Å²) in [4.78, 5) is 0. The third kappa shape index (κ3) is 2.17. The molecule has 0 atom stereocenters. The molecule has 2 heteroatoms. The highest BCUT2D eigenvalue weighted by Gasteiger charge is 2.18. The Morgan fingerprint density at radius 3 is 2.43 bits per heavy atom. The molecular formula is C19H18NO+. The average molecular weight is 276 g/mol. The van der Waals surface area contributed by atoms with Gasteiger partial charge in [0.05, 0.1) is 12.5 Å². The van der Waals surface area contributed by atoms with Crippen molar-refractivity contribution in [3.8, 4) is 22.6 Å². The van der Waals surface area contributed by atoms with Gasteiger partial charge in [0.25, 0.3) is 0 Å². The van der Waals surface area contributed by atoms with Crippen molar-refractivity contribution in [1.82, 2.24) is 4.58 Å². The molecule has 0 N–H and O–H groups in total. The summed E-state index contributed by atoms with van der Waals surface area (Å²) in [5, 5.41) is 1.27. The van der Waals surface area contributed by atoms with Gasteiger partial charge in [-0.2, -0.15) is 0 Å². The number of hydrogen-bond donors (Lipinski definition) is 0. The first-order chi connectivity index (χ1) is 10.3. The van der Waals surface area contributed by atoms with Crippen LogP contribution in [0.15, 0.2) is 59.0 Å². The van der Waals surface area contributed by atoms with E-state index >= 15 is 0 Å². The third-order valence-corrected chi connectivity index (χ3v) is 4.24. The van der Waals surface area contributed by atoms with E-state index in [-0.39, 0.29) is 0 Å². The fourth-order valence-corrected chi connectivity index (χ4v) is 2.86. The van der Waals surface area contributed by atoms with Crippen LogP contribution in [0.1, 0.15) is 12.0 Å². The van der Waals surface area contributed by atoms with Crippen molar-refractivity contribution in [2.45, 2.75) is 13.3 Å². The lowest BCUT2D eigenvalue weighted by molar-refractivity contribution is 0.432. The number of hydrogen-bond acceptors (Lipinski definition) is 1. The van der Waals surface area contributed by atoms with Gasteiger partial charge >= 0.3 is 0 Å². The zero-order chi connectivity index (χ0) is 14.2. The molecule has 4 rings (SSSR count). The summed E-state index contributed by atoms with van der Waals surface area (Å²) >= 11 is 0. The van der Waals surface area contributed by atoms with E-state index in [0.717, 1.165) is 30.2 Å². The summed E-state index contributed by atoms with van der Waals surface area (Å²) in [7, 11) is 0. The molecule has 0 unspecified atom stereocenters. The normalized spacial score (nSPS) is 14.2. The predicted molar refractivity (Wildman–Crippen MR) is 85.1 cm³/mol. The monoisotopic (exact) mass is 276 g/mol. The van der Waals surface area contributed by atoms with Crippen LogP contribution in [0.4, 0.5) is 0 Å². The molecule has 0 amide bonds. The lowest BCUT2D eigenvalue weighted by Gasteiger charge is -2.13. The fraction of sp³-hybridized carbons (Fsp3) is 0.211. The molecular weight excluding hydrogens is 258 g/mol. The fourth-order valence-electron chi connectivity index (χ4n) is 2.86. The highest BCUT2D eigenvalue weighted by atomic mass is 16.3. The Morgan fingerprint density at radius 1 is 0.905 bits per heavy atom. The van der Waals surface area contributed by atoms with Crippen LogP contribution >= 0.6 is 0 Å². The zero-order valence-corrected chi connectivity index (χ0v) is 12.2. The Morgan fingerprint density at radius 2 is 1.71 bits per heavy atom. The van der Waals surface area contributed by atoms with Crippen LogP contribution in [-0.4, -0.2) is 13.1 Å². The number of benzene rings is 2. The van der Waals surface area contributed by atoms with Gasteiger partial charge in [-0.25, -0.2) is 4.58 Å². The van der Waals surface area contributed by atoms with Crippen molar-refractivity contribution in [1.29, 1.82) is 0 Å². The molecule has 21 heavy (non-hydrogen) atoms. The molecule has 3 aliphatic rings. The van der Waals surface area contributed by atoms with Gasteiger partial charge in [0.15, 0.2) is 0 Å². The van der Waals surface area contributed by atoms with Crippen LogP contribution in [0.3, 0.4) is 0 Å².